The van der Waals surface area contributed by atoms with E-state index in [1.807, 2.05) is 21.9 Å². The third kappa shape index (κ3) is 7.88. The zero-order chi connectivity index (χ0) is 34.7. The molecule has 1 saturated carbocycles. The minimum atomic E-state index is -4.51. The average molecular weight is 686 g/mol. The molecule has 3 saturated heterocycles. The number of carbonyl (C=O) groups excluding carboxylic acids is 1. The number of amides is 1. The SMILES string of the molecule is COC[C@@H]1C[C@@H](c2ccc(C(F)(F)F)cc2N2CCC(C(=O)O)CC2)CN1C(=O)[C@@H]1CN(C2CCCCCC2)C[C@H]1c1ccc(OC)cc1. The van der Waals surface area contributed by atoms with E-state index in [4.69, 9.17) is 9.47 Å². The summed E-state index contributed by atoms with van der Waals surface area (Å²) < 4.78 is 52.9. The van der Waals surface area contributed by atoms with E-state index in [1.54, 1.807) is 20.3 Å². The topological polar surface area (TPSA) is 82.5 Å². The van der Waals surface area contributed by atoms with Crippen molar-refractivity contribution >= 4 is 17.6 Å². The largest absolute Gasteiger partial charge is 0.497 e. The van der Waals surface area contributed by atoms with Crippen molar-refractivity contribution in [2.24, 2.45) is 11.8 Å². The Kier molecular flexibility index (Phi) is 11.1. The zero-order valence-electron chi connectivity index (χ0n) is 28.7. The van der Waals surface area contributed by atoms with Crippen LogP contribution in [0.15, 0.2) is 42.5 Å². The zero-order valence-corrected chi connectivity index (χ0v) is 28.7. The number of ether oxygens (including phenoxy) is 2. The van der Waals surface area contributed by atoms with Gasteiger partial charge in [0, 0.05) is 63.4 Å². The highest BCUT2D eigenvalue weighted by atomic mass is 19.4. The van der Waals surface area contributed by atoms with Crippen molar-refractivity contribution in [2.75, 3.05) is 58.5 Å². The van der Waals surface area contributed by atoms with Crippen LogP contribution in [-0.4, -0.2) is 92.4 Å². The molecule has 4 fully saturated rings. The van der Waals surface area contributed by atoms with Crippen LogP contribution in [0.1, 0.15) is 86.3 Å². The Morgan fingerprint density at radius 1 is 0.898 bits per heavy atom. The first-order valence-corrected chi connectivity index (χ1v) is 17.9. The maximum atomic E-state index is 14.8. The molecule has 4 aliphatic rings. The molecular weight excluding hydrogens is 635 g/mol. The van der Waals surface area contributed by atoms with E-state index in [2.05, 4.69) is 17.0 Å². The van der Waals surface area contributed by atoms with Crippen LogP contribution in [0.4, 0.5) is 18.9 Å². The van der Waals surface area contributed by atoms with E-state index in [0.29, 0.717) is 63.8 Å². The smallest absolute Gasteiger partial charge is 0.416 e. The number of hydrogen-bond acceptors (Lipinski definition) is 6. The van der Waals surface area contributed by atoms with Crippen molar-refractivity contribution in [2.45, 2.75) is 87.9 Å². The van der Waals surface area contributed by atoms with Crippen LogP contribution in [0.5, 0.6) is 5.75 Å². The summed E-state index contributed by atoms with van der Waals surface area (Å²) in [5, 5.41) is 9.52. The molecule has 4 atom stereocenters. The van der Waals surface area contributed by atoms with Gasteiger partial charge in [0.15, 0.2) is 0 Å². The summed E-state index contributed by atoms with van der Waals surface area (Å²) in [7, 11) is 3.26. The third-order valence-electron chi connectivity index (χ3n) is 11.6. The molecule has 0 spiro atoms. The number of piperidine rings is 1. The Labute approximate surface area is 287 Å². The molecular formula is C38H50F3N3O5. The van der Waals surface area contributed by atoms with Gasteiger partial charge in [0.25, 0.3) is 0 Å². The lowest BCUT2D eigenvalue weighted by molar-refractivity contribution is -0.142. The summed E-state index contributed by atoms with van der Waals surface area (Å²) in [6.45, 7) is 2.97. The molecule has 0 aromatic heterocycles. The predicted octanol–water partition coefficient (Wildman–Crippen LogP) is 6.78. The number of rotatable bonds is 9. The highest BCUT2D eigenvalue weighted by molar-refractivity contribution is 5.82. The lowest BCUT2D eigenvalue weighted by atomic mass is 9.87. The van der Waals surface area contributed by atoms with Crippen LogP contribution in [-0.2, 0) is 20.5 Å². The van der Waals surface area contributed by atoms with E-state index in [0.717, 1.165) is 42.3 Å². The lowest BCUT2D eigenvalue weighted by Gasteiger charge is -2.34. The van der Waals surface area contributed by atoms with Gasteiger partial charge in [-0.25, -0.2) is 0 Å². The van der Waals surface area contributed by atoms with Gasteiger partial charge in [-0.1, -0.05) is 43.9 Å². The summed E-state index contributed by atoms with van der Waals surface area (Å²) in [5.41, 5.74) is 1.66. The predicted molar refractivity (Wildman–Crippen MR) is 181 cm³/mol. The number of likely N-dealkylation sites (tertiary alicyclic amines) is 2. The number of aliphatic carboxylic acids is 1. The Bertz CT molecular complexity index is 1440. The highest BCUT2D eigenvalue weighted by Gasteiger charge is 2.46. The molecule has 1 N–H and O–H groups in total. The van der Waals surface area contributed by atoms with Crippen LogP contribution in [0.25, 0.3) is 0 Å². The number of carbonyl (C=O) groups is 2. The van der Waals surface area contributed by atoms with Gasteiger partial charge in [-0.2, -0.15) is 13.2 Å². The minimum Gasteiger partial charge on any atom is -0.497 e. The molecule has 268 valence electrons. The molecule has 0 radical (unpaired) electrons. The number of anilines is 1. The molecule has 49 heavy (non-hydrogen) atoms. The minimum absolute atomic E-state index is 0.0149. The summed E-state index contributed by atoms with van der Waals surface area (Å²) in [5.74, 6) is -0.938. The highest BCUT2D eigenvalue weighted by Crippen LogP contribution is 2.44. The Hall–Kier alpha value is -3.31. The fourth-order valence-electron chi connectivity index (χ4n) is 8.88. The molecule has 2 aromatic carbocycles. The molecule has 3 heterocycles. The Morgan fingerprint density at radius 2 is 1.59 bits per heavy atom. The van der Waals surface area contributed by atoms with E-state index in [1.165, 1.54) is 31.7 Å². The van der Waals surface area contributed by atoms with Crippen molar-refractivity contribution in [1.29, 1.82) is 0 Å². The van der Waals surface area contributed by atoms with Crippen LogP contribution in [0.3, 0.4) is 0 Å². The number of carboxylic acid groups (broad SMARTS) is 1. The monoisotopic (exact) mass is 685 g/mol. The molecule has 0 unspecified atom stereocenters. The van der Waals surface area contributed by atoms with Crippen molar-refractivity contribution < 1.29 is 37.3 Å². The maximum absolute atomic E-state index is 14.8. The lowest BCUT2D eigenvalue weighted by Crippen LogP contribution is -2.44. The van der Waals surface area contributed by atoms with Gasteiger partial charge >= 0.3 is 12.1 Å². The number of halogens is 3. The van der Waals surface area contributed by atoms with E-state index in [-0.39, 0.29) is 29.7 Å². The van der Waals surface area contributed by atoms with Crippen molar-refractivity contribution in [3.8, 4) is 5.75 Å². The van der Waals surface area contributed by atoms with Crippen LogP contribution in [0, 0.1) is 11.8 Å². The Morgan fingerprint density at radius 3 is 2.20 bits per heavy atom. The van der Waals surface area contributed by atoms with Crippen LogP contribution >= 0.6 is 0 Å². The van der Waals surface area contributed by atoms with Crippen molar-refractivity contribution in [3.63, 3.8) is 0 Å². The van der Waals surface area contributed by atoms with E-state index in [9.17, 15) is 27.9 Å². The van der Waals surface area contributed by atoms with Gasteiger partial charge in [0.1, 0.15) is 5.75 Å². The normalized spacial score (nSPS) is 26.2. The Balaban J connectivity index is 1.28. The molecule has 2 aromatic rings. The summed E-state index contributed by atoms with van der Waals surface area (Å²) in [6.07, 6.45) is 4.04. The molecule has 0 bridgehead atoms. The van der Waals surface area contributed by atoms with Crippen LogP contribution < -0.4 is 9.64 Å². The second kappa shape index (κ2) is 15.3. The van der Waals surface area contributed by atoms with E-state index >= 15 is 0 Å². The second-order valence-corrected chi connectivity index (χ2v) is 14.5. The van der Waals surface area contributed by atoms with Gasteiger partial charge in [-0.15, -0.1) is 0 Å². The molecule has 1 amide bonds. The van der Waals surface area contributed by atoms with Crippen molar-refractivity contribution in [3.05, 3.63) is 59.2 Å². The molecule has 3 aliphatic heterocycles. The van der Waals surface area contributed by atoms with Gasteiger partial charge in [0.2, 0.25) is 5.91 Å². The summed E-state index contributed by atoms with van der Waals surface area (Å²) >= 11 is 0. The van der Waals surface area contributed by atoms with Gasteiger partial charge in [-0.05, 0) is 67.5 Å². The van der Waals surface area contributed by atoms with E-state index < -0.39 is 23.6 Å². The van der Waals surface area contributed by atoms with Gasteiger partial charge < -0.3 is 24.4 Å². The first kappa shape index (κ1) is 35.5. The number of benzene rings is 2. The first-order valence-electron chi connectivity index (χ1n) is 17.9. The standard InChI is InChI=1S/C38H50F3N3O5/c1-48-24-30-19-27(32-14-11-28(38(39,40)41)20-35(32)42-17-15-26(16-18-42)37(46)47)21-44(30)36(45)34-23-43(29-7-5-3-4-6-8-29)22-33(34)25-9-12-31(49-2)13-10-25/h9-14,20,26-27,29-30,33-34H,3-8,15-19,21-24H2,1-2H3,(H,46,47)/t27-,30+,33+,34-/m1/s1. The number of hydrogen-bond donors (Lipinski definition) is 1. The summed E-state index contributed by atoms with van der Waals surface area (Å²) in [6, 6.07) is 12.2. The molecule has 1 aliphatic carbocycles. The number of nitrogens with zero attached hydrogens (tertiary/aromatic N) is 3. The first-order chi connectivity index (χ1) is 23.6. The van der Waals surface area contributed by atoms with Crippen molar-refractivity contribution in [1.82, 2.24) is 9.80 Å². The fourth-order valence-corrected chi connectivity index (χ4v) is 8.88. The number of carboxylic acids is 1. The fraction of sp³-hybridized carbons (Fsp3) is 0.632. The van der Waals surface area contributed by atoms with Gasteiger partial charge in [0.05, 0.1) is 37.2 Å². The van der Waals surface area contributed by atoms with Crippen LogP contribution in [0.2, 0.25) is 0 Å². The molecule has 11 heteroatoms. The quantitative estimate of drug-likeness (QED) is 0.292. The van der Waals surface area contributed by atoms with Gasteiger partial charge in [-0.3, -0.25) is 14.5 Å². The number of alkyl halides is 3. The maximum Gasteiger partial charge on any atom is 0.416 e. The second-order valence-electron chi connectivity index (χ2n) is 14.5. The number of methoxy groups -OCH3 is 2. The molecule has 8 nitrogen and oxygen atoms in total. The molecule has 6 rings (SSSR count). The summed E-state index contributed by atoms with van der Waals surface area (Å²) in [4.78, 5) is 32.8. The average Bonchev–Trinajstić information content (AvgIpc) is 3.63. The third-order valence-corrected chi connectivity index (χ3v) is 11.6.